The van der Waals surface area contributed by atoms with Crippen molar-refractivity contribution in [3.63, 3.8) is 0 Å². The van der Waals surface area contributed by atoms with Crippen molar-refractivity contribution in [2.45, 2.75) is 37.8 Å². The summed E-state index contributed by atoms with van der Waals surface area (Å²) < 4.78 is 1.64. The number of amides is 3. The van der Waals surface area contributed by atoms with E-state index in [9.17, 15) is 9.59 Å². The summed E-state index contributed by atoms with van der Waals surface area (Å²) in [4.78, 5) is 29.1. The molecule has 3 rings (SSSR count). The number of nitrogens with one attached hydrogen (secondary N) is 1. The predicted molar refractivity (Wildman–Crippen MR) is 79.1 cm³/mol. The number of nitrogens with zero attached hydrogens (tertiary/aromatic N) is 4. The third-order valence-electron chi connectivity index (χ3n) is 4.12. The molecule has 2 aliphatic rings. The zero-order valence-electron chi connectivity index (χ0n) is 12.3. The highest BCUT2D eigenvalue weighted by Gasteiger charge is 2.27. The number of piperidine rings is 1. The molecule has 0 spiro atoms. The molecule has 0 aromatic carbocycles. The Morgan fingerprint density at radius 2 is 2.09 bits per heavy atom. The van der Waals surface area contributed by atoms with Crippen LogP contribution in [0.2, 0.25) is 0 Å². The van der Waals surface area contributed by atoms with Gasteiger partial charge in [0.1, 0.15) is 6.33 Å². The number of urea groups is 1. The van der Waals surface area contributed by atoms with E-state index in [0.29, 0.717) is 6.54 Å². The van der Waals surface area contributed by atoms with Gasteiger partial charge in [-0.05, 0) is 25.7 Å². The van der Waals surface area contributed by atoms with Crippen LogP contribution in [0.3, 0.4) is 0 Å². The average molecular weight is 304 g/mol. The van der Waals surface area contributed by atoms with Crippen molar-refractivity contribution in [2.24, 2.45) is 5.73 Å². The molecule has 8 nitrogen and oxygen atoms in total. The van der Waals surface area contributed by atoms with Crippen molar-refractivity contribution in [3.8, 4) is 0 Å². The Morgan fingerprint density at radius 3 is 2.77 bits per heavy atom. The van der Waals surface area contributed by atoms with Crippen LogP contribution >= 0.6 is 0 Å². The van der Waals surface area contributed by atoms with Gasteiger partial charge in [-0.25, -0.2) is 14.5 Å². The molecule has 3 N–H and O–H groups in total. The van der Waals surface area contributed by atoms with E-state index in [1.807, 2.05) is 0 Å². The fourth-order valence-corrected chi connectivity index (χ4v) is 2.92. The lowest BCUT2D eigenvalue weighted by atomic mass is 10.1. The van der Waals surface area contributed by atoms with Gasteiger partial charge in [-0.2, -0.15) is 0 Å². The highest BCUT2D eigenvalue weighted by atomic mass is 16.2. The maximum absolute atomic E-state index is 12.3. The summed E-state index contributed by atoms with van der Waals surface area (Å²) in [6.45, 7) is 1.30. The number of carbonyl (C=O) groups excluding carboxylic acids is 2. The van der Waals surface area contributed by atoms with Gasteiger partial charge in [0, 0.05) is 19.1 Å². The molecule has 0 radical (unpaired) electrons. The first kappa shape index (κ1) is 14.6. The largest absolute Gasteiger partial charge is 0.363 e. The highest BCUT2D eigenvalue weighted by molar-refractivity contribution is 5.88. The van der Waals surface area contributed by atoms with E-state index in [4.69, 9.17) is 5.73 Å². The maximum atomic E-state index is 12.3. The lowest BCUT2D eigenvalue weighted by Gasteiger charge is -2.33. The van der Waals surface area contributed by atoms with Crippen LogP contribution in [0, 0.1) is 0 Å². The zero-order valence-corrected chi connectivity index (χ0v) is 12.3. The van der Waals surface area contributed by atoms with Crippen LogP contribution in [0.4, 0.5) is 4.79 Å². The quantitative estimate of drug-likeness (QED) is 0.790. The fraction of sp³-hybridized carbons (Fsp3) is 0.571. The first-order chi connectivity index (χ1) is 10.6. The van der Waals surface area contributed by atoms with Gasteiger partial charge in [0.05, 0.1) is 6.04 Å². The van der Waals surface area contributed by atoms with E-state index in [1.54, 1.807) is 9.58 Å². The Balaban J connectivity index is 1.60. The molecule has 1 aromatic heterocycles. The first-order valence-electron chi connectivity index (χ1n) is 7.55. The normalized spacial score (nSPS) is 22.0. The van der Waals surface area contributed by atoms with Crippen LogP contribution in [-0.4, -0.2) is 50.7 Å². The van der Waals surface area contributed by atoms with Crippen molar-refractivity contribution in [3.05, 3.63) is 24.3 Å². The van der Waals surface area contributed by atoms with Gasteiger partial charge >= 0.3 is 6.03 Å². The summed E-state index contributed by atoms with van der Waals surface area (Å²) in [6, 6.07) is 0.205. The SMILES string of the molecule is NC(=O)c1ncn(C2CCCN(C(=O)NC3CC=CC3)C2)n1. The van der Waals surface area contributed by atoms with Crippen LogP contribution in [0.15, 0.2) is 18.5 Å². The Kier molecular flexibility index (Phi) is 4.08. The molecule has 118 valence electrons. The number of hydrogen-bond acceptors (Lipinski definition) is 4. The minimum atomic E-state index is -0.641. The van der Waals surface area contributed by atoms with Crippen molar-refractivity contribution in [2.75, 3.05) is 13.1 Å². The second kappa shape index (κ2) is 6.17. The topological polar surface area (TPSA) is 106 Å². The van der Waals surface area contributed by atoms with Crippen LogP contribution < -0.4 is 11.1 Å². The number of nitrogens with two attached hydrogens (primary N) is 1. The monoisotopic (exact) mass is 304 g/mol. The van der Waals surface area contributed by atoms with Crippen molar-refractivity contribution in [1.29, 1.82) is 0 Å². The van der Waals surface area contributed by atoms with Gasteiger partial charge in [0.2, 0.25) is 5.82 Å². The predicted octanol–water partition coefficient (Wildman–Crippen LogP) is 0.442. The molecular formula is C14H20N6O2. The van der Waals surface area contributed by atoms with Gasteiger partial charge in [0.25, 0.3) is 5.91 Å². The maximum Gasteiger partial charge on any atom is 0.317 e. The number of rotatable bonds is 3. The van der Waals surface area contributed by atoms with Gasteiger partial charge < -0.3 is 16.0 Å². The second-order valence-corrected chi connectivity index (χ2v) is 5.74. The zero-order chi connectivity index (χ0) is 15.5. The summed E-state index contributed by atoms with van der Waals surface area (Å²) >= 11 is 0. The summed E-state index contributed by atoms with van der Waals surface area (Å²) in [6.07, 6.45) is 9.27. The molecule has 1 aliphatic heterocycles. The average Bonchev–Trinajstić information content (AvgIpc) is 3.18. The Bertz CT molecular complexity index is 588. The van der Waals surface area contributed by atoms with Crippen LogP contribution in [0.1, 0.15) is 42.3 Å². The van der Waals surface area contributed by atoms with Gasteiger partial charge in [0.15, 0.2) is 0 Å². The van der Waals surface area contributed by atoms with E-state index in [0.717, 1.165) is 32.2 Å². The number of carbonyl (C=O) groups is 2. The molecular weight excluding hydrogens is 284 g/mol. The molecule has 1 aliphatic carbocycles. The van der Waals surface area contributed by atoms with Crippen LogP contribution in [0.25, 0.3) is 0 Å². The number of likely N-dealkylation sites (tertiary alicyclic amines) is 1. The van der Waals surface area contributed by atoms with Crippen LogP contribution in [0.5, 0.6) is 0 Å². The van der Waals surface area contributed by atoms with E-state index in [1.165, 1.54) is 6.33 Å². The Labute approximate surface area is 128 Å². The van der Waals surface area contributed by atoms with E-state index in [2.05, 4.69) is 27.6 Å². The van der Waals surface area contributed by atoms with E-state index in [-0.39, 0.29) is 23.9 Å². The molecule has 22 heavy (non-hydrogen) atoms. The molecule has 0 bridgehead atoms. The summed E-state index contributed by atoms with van der Waals surface area (Å²) in [5.41, 5.74) is 5.17. The molecule has 1 unspecified atom stereocenters. The minimum absolute atomic E-state index is 0.0126. The van der Waals surface area contributed by atoms with Gasteiger partial charge in [-0.3, -0.25) is 4.79 Å². The van der Waals surface area contributed by atoms with Crippen molar-refractivity contribution < 1.29 is 9.59 Å². The Morgan fingerprint density at radius 1 is 1.32 bits per heavy atom. The van der Waals surface area contributed by atoms with Crippen LogP contribution in [-0.2, 0) is 0 Å². The number of hydrogen-bond donors (Lipinski definition) is 2. The Hall–Kier alpha value is -2.38. The molecule has 1 atom stereocenters. The highest BCUT2D eigenvalue weighted by Crippen LogP contribution is 2.21. The lowest BCUT2D eigenvalue weighted by Crippen LogP contribution is -2.48. The van der Waals surface area contributed by atoms with E-state index >= 15 is 0 Å². The lowest BCUT2D eigenvalue weighted by molar-refractivity contribution is 0.0989. The molecule has 3 amide bonds. The molecule has 1 saturated heterocycles. The summed E-state index contributed by atoms with van der Waals surface area (Å²) in [5, 5.41) is 7.14. The minimum Gasteiger partial charge on any atom is -0.363 e. The van der Waals surface area contributed by atoms with E-state index < -0.39 is 5.91 Å². The number of aromatic nitrogens is 3. The van der Waals surface area contributed by atoms with Crippen molar-refractivity contribution >= 4 is 11.9 Å². The fourth-order valence-electron chi connectivity index (χ4n) is 2.92. The third-order valence-corrected chi connectivity index (χ3v) is 4.12. The molecule has 2 heterocycles. The standard InChI is InChI=1S/C14H20N6O2/c15-12(21)13-16-9-20(18-13)11-6-3-7-19(8-11)14(22)17-10-4-1-2-5-10/h1-2,9-11H,3-8H2,(H2,15,21)(H,17,22). The first-order valence-corrected chi connectivity index (χ1v) is 7.55. The second-order valence-electron chi connectivity index (χ2n) is 5.74. The molecule has 1 aromatic rings. The van der Waals surface area contributed by atoms with Gasteiger partial charge in [-0.15, -0.1) is 5.10 Å². The third kappa shape index (κ3) is 3.10. The summed E-state index contributed by atoms with van der Waals surface area (Å²) in [7, 11) is 0. The molecule has 0 saturated carbocycles. The number of primary amides is 1. The van der Waals surface area contributed by atoms with Gasteiger partial charge in [-0.1, -0.05) is 12.2 Å². The summed E-state index contributed by atoms with van der Waals surface area (Å²) in [5.74, 6) is -0.628. The molecule has 8 heteroatoms. The molecule has 1 fully saturated rings. The van der Waals surface area contributed by atoms with Crippen molar-refractivity contribution in [1.82, 2.24) is 25.0 Å². The smallest absolute Gasteiger partial charge is 0.317 e.